The van der Waals surface area contributed by atoms with Crippen LogP contribution in [0.3, 0.4) is 0 Å². The maximum Gasteiger partial charge on any atom is 0.301 e. The third-order valence-corrected chi connectivity index (χ3v) is 7.62. The Morgan fingerprint density at radius 2 is 1.85 bits per heavy atom. The highest BCUT2D eigenvalue weighted by molar-refractivity contribution is 7.15. The number of ketones is 1. The van der Waals surface area contributed by atoms with E-state index < -0.39 is 17.7 Å². The fourth-order valence-corrected chi connectivity index (χ4v) is 5.65. The van der Waals surface area contributed by atoms with Crippen LogP contribution in [0, 0.1) is 6.92 Å². The minimum Gasteiger partial charge on any atom is -0.507 e. The SMILES string of the molecule is Cc1nnc(N2C(=O)C(=O)/C(=C(/O)c3ccc4c(c3)CC(C)O4)C2c2ccc(OCc3ccccc3)cc2)s1. The highest BCUT2D eigenvalue weighted by Crippen LogP contribution is 2.44. The summed E-state index contributed by atoms with van der Waals surface area (Å²) in [5.74, 6) is -0.389. The Balaban J connectivity index is 1.39. The number of amides is 1. The highest BCUT2D eigenvalue weighted by atomic mass is 32.1. The molecule has 6 rings (SSSR count). The highest BCUT2D eigenvalue weighted by Gasteiger charge is 2.48. The van der Waals surface area contributed by atoms with Crippen LogP contribution in [0.2, 0.25) is 0 Å². The number of aliphatic hydroxyl groups is 1. The lowest BCUT2D eigenvalue weighted by Crippen LogP contribution is -2.29. The minimum atomic E-state index is -0.885. The van der Waals surface area contributed by atoms with Gasteiger partial charge in [-0.15, -0.1) is 10.2 Å². The molecule has 2 atom stereocenters. The van der Waals surface area contributed by atoms with Crippen LogP contribution in [0.15, 0.2) is 78.4 Å². The third-order valence-electron chi connectivity index (χ3n) is 6.78. The monoisotopic (exact) mass is 539 g/mol. The number of anilines is 1. The number of ether oxygens (including phenoxy) is 2. The van der Waals surface area contributed by atoms with Crippen LogP contribution in [0.1, 0.15) is 40.2 Å². The number of nitrogens with zero attached hydrogens (tertiary/aromatic N) is 3. The first kappa shape index (κ1) is 24.8. The first-order valence-electron chi connectivity index (χ1n) is 12.6. The second-order valence-corrected chi connectivity index (χ2v) is 10.7. The zero-order valence-corrected chi connectivity index (χ0v) is 22.1. The molecule has 39 heavy (non-hydrogen) atoms. The van der Waals surface area contributed by atoms with Crippen LogP contribution < -0.4 is 14.4 Å². The van der Waals surface area contributed by atoms with Crippen molar-refractivity contribution in [2.24, 2.45) is 0 Å². The van der Waals surface area contributed by atoms with Gasteiger partial charge in [0.15, 0.2) is 0 Å². The molecule has 0 aliphatic carbocycles. The van der Waals surface area contributed by atoms with E-state index in [2.05, 4.69) is 10.2 Å². The van der Waals surface area contributed by atoms with E-state index in [1.807, 2.05) is 43.3 Å². The van der Waals surface area contributed by atoms with Crippen molar-refractivity contribution in [3.63, 3.8) is 0 Å². The normalized spacial score (nSPS) is 19.7. The summed E-state index contributed by atoms with van der Waals surface area (Å²) in [4.78, 5) is 28.0. The number of benzene rings is 3. The summed E-state index contributed by atoms with van der Waals surface area (Å²) < 4.78 is 11.7. The molecule has 2 unspecified atom stereocenters. The number of hydrogen-bond acceptors (Lipinski definition) is 8. The van der Waals surface area contributed by atoms with E-state index >= 15 is 0 Å². The Hall–Kier alpha value is -4.50. The van der Waals surface area contributed by atoms with E-state index in [4.69, 9.17) is 9.47 Å². The van der Waals surface area contributed by atoms with Crippen molar-refractivity contribution in [2.45, 2.75) is 39.0 Å². The maximum absolute atomic E-state index is 13.4. The Labute approximate surface area is 229 Å². The van der Waals surface area contributed by atoms with Crippen LogP contribution in [0.5, 0.6) is 11.5 Å². The second kappa shape index (κ2) is 9.99. The van der Waals surface area contributed by atoms with E-state index in [0.717, 1.165) is 16.9 Å². The number of aliphatic hydroxyl groups excluding tert-OH is 1. The van der Waals surface area contributed by atoms with E-state index in [1.54, 1.807) is 43.3 Å². The molecule has 9 heteroatoms. The lowest BCUT2D eigenvalue weighted by Gasteiger charge is -2.22. The fraction of sp³-hybridized carbons (Fsp3) is 0.200. The molecule has 4 aromatic rings. The molecule has 1 aromatic heterocycles. The van der Waals surface area contributed by atoms with Crippen LogP contribution in [-0.4, -0.2) is 33.1 Å². The first-order valence-corrected chi connectivity index (χ1v) is 13.4. The molecule has 2 aliphatic rings. The lowest BCUT2D eigenvalue weighted by molar-refractivity contribution is -0.132. The molecule has 1 fully saturated rings. The van der Waals surface area contributed by atoms with Crippen LogP contribution in [-0.2, 0) is 22.6 Å². The van der Waals surface area contributed by atoms with Gasteiger partial charge in [-0.25, -0.2) is 0 Å². The summed E-state index contributed by atoms with van der Waals surface area (Å²) in [5.41, 5.74) is 3.06. The van der Waals surface area contributed by atoms with Crippen molar-refractivity contribution in [1.29, 1.82) is 0 Å². The molecule has 2 aliphatic heterocycles. The Morgan fingerprint density at radius 1 is 1.08 bits per heavy atom. The molecule has 0 saturated carbocycles. The minimum absolute atomic E-state index is 0.00211. The smallest absolute Gasteiger partial charge is 0.301 e. The van der Waals surface area contributed by atoms with Crippen molar-refractivity contribution in [1.82, 2.24) is 10.2 Å². The van der Waals surface area contributed by atoms with Crippen LogP contribution >= 0.6 is 11.3 Å². The summed E-state index contributed by atoms with van der Waals surface area (Å²) in [7, 11) is 0. The summed E-state index contributed by atoms with van der Waals surface area (Å²) in [5, 5.41) is 20.6. The van der Waals surface area contributed by atoms with Gasteiger partial charge < -0.3 is 14.6 Å². The van der Waals surface area contributed by atoms with Crippen LogP contribution in [0.25, 0.3) is 5.76 Å². The van der Waals surface area contributed by atoms with Gasteiger partial charge in [0.25, 0.3) is 5.78 Å². The van der Waals surface area contributed by atoms with Crippen molar-refractivity contribution < 1.29 is 24.2 Å². The number of fused-ring (bicyclic) bond motifs is 1. The predicted octanol–water partition coefficient (Wildman–Crippen LogP) is 5.38. The molecule has 0 radical (unpaired) electrons. The summed E-state index contributed by atoms with van der Waals surface area (Å²) in [6.45, 7) is 4.16. The summed E-state index contributed by atoms with van der Waals surface area (Å²) >= 11 is 1.21. The number of carbonyl (C=O) groups excluding carboxylic acids is 2. The van der Waals surface area contributed by atoms with Crippen molar-refractivity contribution in [2.75, 3.05) is 4.90 Å². The maximum atomic E-state index is 13.4. The van der Waals surface area contributed by atoms with Gasteiger partial charge in [0.1, 0.15) is 35.0 Å². The molecule has 3 aromatic carbocycles. The van der Waals surface area contributed by atoms with Gasteiger partial charge in [-0.05, 0) is 60.9 Å². The van der Waals surface area contributed by atoms with E-state index in [-0.39, 0.29) is 17.4 Å². The molecule has 8 nitrogen and oxygen atoms in total. The van der Waals surface area contributed by atoms with Crippen molar-refractivity contribution >= 4 is 33.9 Å². The predicted molar refractivity (Wildman–Crippen MR) is 147 cm³/mol. The Morgan fingerprint density at radius 3 is 2.56 bits per heavy atom. The average Bonchev–Trinajstić information content (AvgIpc) is 3.62. The molecule has 0 spiro atoms. The molecular weight excluding hydrogens is 514 g/mol. The average molecular weight is 540 g/mol. The Bertz CT molecular complexity index is 1600. The third kappa shape index (κ3) is 4.66. The van der Waals surface area contributed by atoms with Gasteiger partial charge in [-0.3, -0.25) is 14.5 Å². The fourth-order valence-electron chi connectivity index (χ4n) is 4.94. The molecule has 1 amide bonds. The molecule has 0 bridgehead atoms. The van der Waals surface area contributed by atoms with E-state index in [0.29, 0.717) is 40.0 Å². The number of hydrogen-bond donors (Lipinski definition) is 1. The topological polar surface area (TPSA) is 102 Å². The number of rotatable bonds is 6. The molecule has 196 valence electrons. The van der Waals surface area contributed by atoms with E-state index in [1.165, 1.54) is 16.2 Å². The largest absolute Gasteiger partial charge is 0.507 e. The molecule has 1 N–H and O–H groups in total. The van der Waals surface area contributed by atoms with E-state index in [9.17, 15) is 14.7 Å². The molecular formula is C30H25N3O5S. The Kier molecular flexibility index (Phi) is 6.36. The van der Waals surface area contributed by atoms with Crippen molar-refractivity contribution in [3.8, 4) is 11.5 Å². The second-order valence-electron chi connectivity index (χ2n) is 9.57. The summed E-state index contributed by atoms with van der Waals surface area (Å²) in [6.07, 6.45) is 0.731. The van der Waals surface area contributed by atoms with Gasteiger partial charge in [0.2, 0.25) is 5.13 Å². The quantitative estimate of drug-likeness (QED) is 0.200. The first-order chi connectivity index (χ1) is 18.9. The number of carbonyl (C=O) groups is 2. The summed E-state index contributed by atoms with van der Waals surface area (Å²) in [6, 6.07) is 21.4. The number of Topliss-reactive ketones (excluding diaryl/α,β-unsaturated/α-hetero) is 1. The van der Waals surface area contributed by atoms with Gasteiger partial charge >= 0.3 is 5.91 Å². The van der Waals surface area contributed by atoms with Gasteiger partial charge in [0, 0.05) is 12.0 Å². The number of aryl methyl sites for hydroxylation is 1. The van der Waals surface area contributed by atoms with Gasteiger partial charge in [-0.1, -0.05) is 53.8 Å². The zero-order valence-electron chi connectivity index (χ0n) is 21.3. The molecule has 1 saturated heterocycles. The van der Waals surface area contributed by atoms with Gasteiger partial charge in [0.05, 0.1) is 11.6 Å². The standard InChI is InChI=1S/C30H25N3O5S/c1-17-14-22-15-21(10-13-24(22)38-17)27(34)25-26(33(29(36)28(25)35)30-32-31-18(2)39-30)20-8-11-23(12-9-20)37-16-19-6-4-3-5-7-19/h3-13,15,17,26,34H,14,16H2,1-2H3/b27-25+. The zero-order chi connectivity index (χ0) is 27.1. The molecule has 3 heterocycles. The van der Waals surface area contributed by atoms with Gasteiger partial charge in [-0.2, -0.15) is 0 Å². The van der Waals surface area contributed by atoms with Crippen LogP contribution in [0.4, 0.5) is 5.13 Å². The number of aromatic nitrogens is 2. The lowest BCUT2D eigenvalue weighted by atomic mass is 9.94. The van der Waals surface area contributed by atoms with Crippen molar-refractivity contribution in [3.05, 3.63) is 106 Å².